The molecule has 2 heteroatoms. The fraction of sp³-hybridized carbons (Fsp3) is 0.236. The predicted octanol–water partition coefficient (Wildman–Crippen LogP) is 15.6. The number of benzene rings is 7. The summed E-state index contributed by atoms with van der Waals surface area (Å²) >= 11 is 0. The van der Waals surface area contributed by atoms with Crippen molar-refractivity contribution >= 4 is 34.1 Å². The standard InChI is InChI=1S/C55H56N2/c1-7-9-15-42-17-12-20-47(35-42)56(45-26-22-39(3)23-27-45)49-30-32-51-52-33-31-50(38-54(52)55(6,53(51)37-49)44-19-11-14-41(5)34-44)57(46-28-24-40(4)25-29-46)48-21-13-18-43(36-48)16-10-8-2/h11-14,17-38H,7-10,15-16H2,1-6H3. The van der Waals surface area contributed by atoms with Crippen molar-refractivity contribution in [3.8, 4) is 11.1 Å². The largest absolute Gasteiger partial charge is 0.310 e. The Hall–Kier alpha value is -5.86. The first-order valence-corrected chi connectivity index (χ1v) is 21.0. The fourth-order valence-corrected chi connectivity index (χ4v) is 8.80. The van der Waals surface area contributed by atoms with Crippen molar-refractivity contribution in [3.05, 3.63) is 202 Å². The molecule has 0 fully saturated rings. The number of anilines is 6. The van der Waals surface area contributed by atoms with Crippen LogP contribution in [0.25, 0.3) is 11.1 Å². The van der Waals surface area contributed by atoms with E-state index in [1.165, 1.54) is 104 Å². The van der Waals surface area contributed by atoms with Crippen LogP contribution in [0.1, 0.15) is 91.0 Å². The van der Waals surface area contributed by atoms with Gasteiger partial charge in [0.05, 0.1) is 0 Å². The molecule has 0 radical (unpaired) electrons. The zero-order chi connectivity index (χ0) is 39.5. The van der Waals surface area contributed by atoms with Crippen LogP contribution < -0.4 is 9.80 Å². The highest BCUT2D eigenvalue weighted by atomic mass is 15.1. The average molecular weight is 745 g/mol. The molecule has 57 heavy (non-hydrogen) atoms. The summed E-state index contributed by atoms with van der Waals surface area (Å²) in [6.07, 6.45) is 6.92. The molecule has 7 aromatic rings. The van der Waals surface area contributed by atoms with Gasteiger partial charge in [0.1, 0.15) is 0 Å². The molecule has 0 spiro atoms. The normalized spacial score (nSPS) is 12.6. The van der Waals surface area contributed by atoms with Crippen LogP contribution in [0.5, 0.6) is 0 Å². The number of fused-ring (bicyclic) bond motifs is 3. The molecule has 0 saturated heterocycles. The molecule has 7 aromatic carbocycles. The Labute approximate surface area is 341 Å². The smallest absolute Gasteiger partial charge is 0.0465 e. The lowest BCUT2D eigenvalue weighted by Gasteiger charge is -2.32. The SMILES string of the molecule is CCCCc1cccc(N(c2ccc(C)cc2)c2ccc3c(c2)C(C)(c2cccc(C)c2)c2cc(N(c4ccc(C)cc4)c4cccc(CCCC)c4)ccc2-3)c1. The van der Waals surface area contributed by atoms with E-state index in [0.29, 0.717) is 0 Å². The Kier molecular flexibility index (Phi) is 10.9. The lowest BCUT2D eigenvalue weighted by molar-refractivity contribution is 0.713. The van der Waals surface area contributed by atoms with Crippen molar-refractivity contribution in [3.63, 3.8) is 0 Å². The molecular weight excluding hydrogens is 689 g/mol. The number of rotatable bonds is 13. The summed E-state index contributed by atoms with van der Waals surface area (Å²) in [5, 5.41) is 0. The third-order valence-corrected chi connectivity index (χ3v) is 12.0. The van der Waals surface area contributed by atoms with Crippen molar-refractivity contribution in [2.75, 3.05) is 9.80 Å². The number of nitrogens with zero attached hydrogens (tertiary/aromatic N) is 2. The number of hydrogen-bond donors (Lipinski definition) is 0. The van der Waals surface area contributed by atoms with Crippen LogP contribution in [-0.4, -0.2) is 0 Å². The summed E-state index contributed by atoms with van der Waals surface area (Å²) in [7, 11) is 0. The molecular formula is C55H56N2. The van der Waals surface area contributed by atoms with Crippen LogP contribution in [0.4, 0.5) is 34.1 Å². The van der Waals surface area contributed by atoms with Gasteiger partial charge in [0, 0.05) is 39.5 Å². The van der Waals surface area contributed by atoms with E-state index >= 15 is 0 Å². The second-order valence-corrected chi connectivity index (χ2v) is 16.3. The summed E-state index contributed by atoms with van der Waals surface area (Å²) in [5.41, 5.74) is 19.8. The summed E-state index contributed by atoms with van der Waals surface area (Å²) in [5.74, 6) is 0. The Morgan fingerprint density at radius 1 is 0.404 bits per heavy atom. The summed E-state index contributed by atoms with van der Waals surface area (Å²) < 4.78 is 0. The van der Waals surface area contributed by atoms with Gasteiger partial charge in [0.15, 0.2) is 0 Å². The van der Waals surface area contributed by atoms with Crippen molar-refractivity contribution in [1.82, 2.24) is 0 Å². The zero-order valence-corrected chi connectivity index (χ0v) is 34.6. The van der Waals surface area contributed by atoms with Crippen LogP contribution in [0.2, 0.25) is 0 Å². The Morgan fingerprint density at radius 2 is 0.825 bits per heavy atom. The van der Waals surface area contributed by atoms with Crippen molar-refractivity contribution < 1.29 is 0 Å². The molecule has 286 valence electrons. The third-order valence-electron chi connectivity index (χ3n) is 12.0. The van der Waals surface area contributed by atoms with Crippen LogP contribution in [0, 0.1) is 20.8 Å². The molecule has 0 amide bonds. The van der Waals surface area contributed by atoms with E-state index in [4.69, 9.17) is 0 Å². The van der Waals surface area contributed by atoms with E-state index in [2.05, 4.69) is 209 Å². The van der Waals surface area contributed by atoms with Crippen molar-refractivity contribution in [1.29, 1.82) is 0 Å². The molecule has 0 saturated carbocycles. The number of hydrogen-bond acceptors (Lipinski definition) is 2. The minimum absolute atomic E-state index is 0.396. The third kappa shape index (κ3) is 7.54. The minimum atomic E-state index is -0.396. The first-order chi connectivity index (χ1) is 27.8. The van der Waals surface area contributed by atoms with Gasteiger partial charge < -0.3 is 9.80 Å². The van der Waals surface area contributed by atoms with E-state index < -0.39 is 5.41 Å². The van der Waals surface area contributed by atoms with Crippen LogP contribution >= 0.6 is 0 Å². The van der Waals surface area contributed by atoms with Gasteiger partial charge >= 0.3 is 0 Å². The minimum Gasteiger partial charge on any atom is -0.310 e. The predicted molar refractivity (Wildman–Crippen MR) is 245 cm³/mol. The molecule has 1 aliphatic carbocycles. The zero-order valence-electron chi connectivity index (χ0n) is 34.6. The highest BCUT2D eigenvalue weighted by Crippen LogP contribution is 2.55. The van der Waals surface area contributed by atoms with E-state index in [0.717, 1.165) is 24.2 Å². The molecule has 0 heterocycles. The second-order valence-electron chi connectivity index (χ2n) is 16.3. The molecule has 1 aliphatic rings. The van der Waals surface area contributed by atoms with Gasteiger partial charge in [-0.3, -0.25) is 0 Å². The molecule has 0 atom stereocenters. The Bertz CT molecular complexity index is 2340. The Balaban J connectivity index is 1.31. The first-order valence-electron chi connectivity index (χ1n) is 21.0. The molecule has 2 nitrogen and oxygen atoms in total. The van der Waals surface area contributed by atoms with Gasteiger partial charge in [-0.05, 0) is 165 Å². The van der Waals surface area contributed by atoms with Gasteiger partial charge in [0.2, 0.25) is 0 Å². The van der Waals surface area contributed by atoms with Crippen molar-refractivity contribution in [2.45, 2.75) is 85.5 Å². The summed E-state index contributed by atoms with van der Waals surface area (Å²) in [6, 6.07) is 59.8. The van der Waals surface area contributed by atoms with Gasteiger partial charge in [0.25, 0.3) is 0 Å². The van der Waals surface area contributed by atoms with Crippen LogP contribution in [-0.2, 0) is 18.3 Å². The number of unbranched alkanes of at least 4 members (excludes halogenated alkanes) is 2. The lowest BCUT2D eigenvalue weighted by atomic mass is 9.73. The van der Waals surface area contributed by atoms with E-state index in [9.17, 15) is 0 Å². The van der Waals surface area contributed by atoms with Crippen molar-refractivity contribution in [2.24, 2.45) is 0 Å². The van der Waals surface area contributed by atoms with E-state index in [1.807, 2.05) is 0 Å². The topological polar surface area (TPSA) is 6.48 Å². The summed E-state index contributed by atoms with van der Waals surface area (Å²) in [4.78, 5) is 4.90. The Morgan fingerprint density at radius 3 is 1.26 bits per heavy atom. The van der Waals surface area contributed by atoms with Gasteiger partial charge in [-0.25, -0.2) is 0 Å². The molecule has 0 bridgehead atoms. The highest BCUT2D eigenvalue weighted by Gasteiger charge is 2.42. The van der Waals surface area contributed by atoms with Crippen LogP contribution in [0.3, 0.4) is 0 Å². The van der Waals surface area contributed by atoms with E-state index in [1.54, 1.807) is 0 Å². The monoisotopic (exact) mass is 744 g/mol. The van der Waals surface area contributed by atoms with Gasteiger partial charge in [-0.15, -0.1) is 0 Å². The maximum Gasteiger partial charge on any atom is 0.0465 e. The molecule has 0 aromatic heterocycles. The maximum atomic E-state index is 2.48. The van der Waals surface area contributed by atoms with Crippen LogP contribution in [0.15, 0.2) is 158 Å². The molecule has 0 N–H and O–H groups in total. The quantitative estimate of drug-likeness (QED) is 0.116. The molecule has 0 aliphatic heterocycles. The molecule has 0 unspecified atom stereocenters. The lowest BCUT2D eigenvalue weighted by Crippen LogP contribution is -2.23. The molecule has 8 rings (SSSR count). The first kappa shape index (κ1) is 38.0. The fourth-order valence-electron chi connectivity index (χ4n) is 8.80. The van der Waals surface area contributed by atoms with Gasteiger partial charge in [-0.2, -0.15) is 0 Å². The highest BCUT2D eigenvalue weighted by molar-refractivity contribution is 5.90. The van der Waals surface area contributed by atoms with Gasteiger partial charge in [-0.1, -0.05) is 128 Å². The second kappa shape index (κ2) is 16.3. The maximum absolute atomic E-state index is 2.48. The average Bonchev–Trinajstić information content (AvgIpc) is 3.48. The van der Waals surface area contributed by atoms with E-state index in [-0.39, 0.29) is 0 Å². The summed E-state index contributed by atoms with van der Waals surface area (Å²) in [6.45, 7) is 13.5. The number of aryl methyl sites for hydroxylation is 5.